The number of hydrogen-bond donors (Lipinski definition) is 3. The summed E-state index contributed by atoms with van der Waals surface area (Å²) in [5.74, 6) is -1.01. The summed E-state index contributed by atoms with van der Waals surface area (Å²) in [6.45, 7) is 1.50. The van der Waals surface area contributed by atoms with E-state index in [0.717, 1.165) is 15.8 Å². The van der Waals surface area contributed by atoms with Crippen LogP contribution in [0.25, 0.3) is 10.2 Å². The van der Waals surface area contributed by atoms with Gasteiger partial charge in [-0.3, -0.25) is 4.79 Å². The number of nitrogens with zero attached hydrogens (tertiary/aromatic N) is 1. The predicted octanol–water partition coefficient (Wildman–Crippen LogP) is 1.22. The van der Waals surface area contributed by atoms with Crippen molar-refractivity contribution >= 4 is 32.7 Å². The lowest BCUT2D eigenvalue weighted by Gasteiger charge is -2.18. The molecule has 1 aromatic heterocycles. The molecule has 0 unspecified atom stereocenters. The van der Waals surface area contributed by atoms with Crippen LogP contribution >= 0.6 is 11.3 Å². The molecule has 6 heteroatoms. The number of aromatic nitrogens is 1. The van der Waals surface area contributed by atoms with Crippen LogP contribution < -0.4 is 11.5 Å². The minimum absolute atomic E-state index is 0.274. The number of thiazole rings is 1. The largest absolute Gasteiger partial charge is 0.480 e. The molecule has 0 saturated heterocycles. The van der Waals surface area contributed by atoms with Crippen LogP contribution in [-0.2, 0) is 11.2 Å². The van der Waals surface area contributed by atoms with E-state index >= 15 is 0 Å². The number of carboxylic acids is 1. The fraction of sp³-hybridized carbons (Fsp3) is 0.273. The van der Waals surface area contributed by atoms with Gasteiger partial charge in [-0.15, -0.1) is 0 Å². The van der Waals surface area contributed by atoms with Crippen molar-refractivity contribution in [1.29, 1.82) is 0 Å². The van der Waals surface area contributed by atoms with Crippen LogP contribution in [0.4, 0.5) is 5.13 Å². The molecule has 1 aromatic carbocycles. The molecule has 0 bridgehead atoms. The van der Waals surface area contributed by atoms with Crippen molar-refractivity contribution in [3.05, 3.63) is 23.8 Å². The predicted molar refractivity (Wildman–Crippen MR) is 68.0 cm³/mol. The van der Waals surface area contributed by atoms with Crippen LogP contribution in [0.5, 0.6) is 0 Å². The number of aliphatic carboxylic acids is 1. The zero-order chi connectivity index (χ0) is 12.6. The second-order valence-electron chi connectivity index (χ2n) is 4.25. The van der Waals surface area contributed by atoms with Crippen LogP contribution in [0.2, 0.25) is 0 Å². The molecule has 0 aliphatic rings. The number of anilines is 1. The zero-order valence-corrected chi connectivity index (χ0v) is 10.1. The zero-order valence-electron chi connectivity index (χ0n) is 9.30. The Morgan fingerprint density at radius 1 is 1.59 bits per heavy atom. The minimum Gasteiger partial charge on any atom is -0.480 e. The molecule has 0 radical (unpaired) electrons. The van der Waals surface area contributed by atoms with Gasteiger partial charge in [0.1, 0.15) is 5.54 Å². The Balaban J connectivity index is 2.34. The van der Waals surface area contributed by atoms with Crippen LogP contribution in [0, 0.1) is 0 Å². The molecule has 2 rings (SSSR count). The number of rotatable bonds is 3. The Labute approximate surface area is 102 Å². The van der Waals surface area contributed by atoms with Crippen molar-refractivity contribution in [2.75, 3.05) is 5.73 Å². The van der Waals surface area contributed by atoms with Gasteiger partial charge in [0.2, 0.25) is 0 Å². The van der Waals surface area contributed by atoms with Crippen molar-refractivity contribution in [3.63, 3.8) is 0 Å². The van der Waals surface area contributed by atoms with Gasteiger partial charge in [-0.2, -0.15) is 0 Å². The Morgan fingerprint density at radius 2 is 2.29 bits per heavy atom. The highest BCUT2D eigenvalue weighted by Crippen LogP contribution is 2.25. The minimum atomic E-state index is -1.26. The van der Waals surface area contributed by atoms with Gasteiger partial charge in [0, 0.05) is 6.42 Å². The molecule has 0 spiro atoms. The van der Waals surface area contributed by atoms with Gasteiger partial charge in [-0.25, -0.2) is 4.98 Å². The van der Waals surface area contributed by atoms with Gasteiger partial charge in [-0.1, -0.05) is 17.4 Å². The van der Waals surface area contributed by atoms with Crippen molar-refractivity contribution in [1.82, 2.24) is 4.98 Å². The van der Waals surface area contributed by atoms with E-state index in [9.17, 15) is 4.79 Å². The lowest BCUT2D eigenvalue weighted by atomic mass is 9.94. The Morgan fingerprint density at radius 3 is 2.94 bits per heavy atom. The number of fused-ring (bicyclic) bond motifs is 1. The molecule has 1 atom stereocenters. The van der Waals surface area contributed by atoms with Gasteiger partial charge in [0.15, 0.2) is 5.13 Å². The maximum absolute atomic E-state index is 10.9. The number of nitrogen functional groups attached to an aromatic ring is 1. The topological polar surface area (TPSA) is 102 Å². The third-order valence-electron chi connectivity index (χ3n) is 2.53. The van der Waals surface area contributed by atoms with Gasteiger partial charge >= 0.3 is 5.97 Å². The highest BCUT2D eigenvalue weighted by atomic mass is 32.1. The van der Waals surface area contributed by atoms with E-state index < -0.39 is 11.5 Å². The van der Waals surface area contributed by atoms with Crippen LogP contribution in [-0.4, -0.2) is 21.6 Å². The Hall–Kier alpha value is -1.66. The van der Waals surface area contributed by atoms with E-state index in [4.69, 9.17) is 16.6 Å². The molecular weight excluding hydrogens is 238 g/mol. The number of benzene rings is 1. The van der Waals surface area contributed by atoms with E-state index in [0.29, 0.717) is 5.13 Å². The third-order valence-corrected chi connectivity index (χ3v) is 3.38. The first kappa shape index (κ1) is 11.8. The van der Waals surface area contributed by atoms with Crippen molar-refractivity contribution in [3.8, 4) is 0 Å². The first-order chi connectivity index (χ1) is 7.88. The highest BCUT2D eigenvalue weighted by molar-refractivity contribution is 7.22. The smallest absolute Gasteiger partial charge is 0.323 e. The highest BCUT2D eigenvalue weighted by Gasteiger charge is 2.28. The Bertz CT molecular complexity index is 577. The van der Waals surface area contributed by atoms with Gasteiger partial charge in [0.25, 0.3) is 0 Å². The standard InChI is InChI=1S/C11H13N3O2S/c1-11(13,9(15)16)5-6-2-3-7-8(4-6)17-10(12)14-7/h2-4H,5,13H2,1H3,(H2,12,14)(H,15,16)/t11-/m0/s1. The van der Waals surface area contributed by atoms with Gasteiger partial charge in [0.05, 0.1) is 10.2 Å². The summed E-state index contributed by atoms with van der Waals surface area (Å²) in [5, 5.41) is 9.47. The molecular formula is C11H13N3O2S. The maximum Gasteiger partial charge on any atom is 0.323 e. The molecule has 5 nitrogen and oxygen atoms in total. The molecule has 0 fully saturated rings. The van der Waals surface area contributed by atoms with E-state index in [1.165, 1.54) is 18.3 Å². The first-order valence-electron chi connectivity index (χ1n) is 5.06. The first-order valence-corrected chi connectivity index (χ1v) is 5.87. The maximum atomic E-state index is 10.9. The molecule has 0 saturated carbocycles. The normalized spacial score (nSPS) is 14.7. The van der Waals surface area contributed by atoms with Crippen LogP contribution in [0.1, 0.15) is 12.5 Å². The van der Waals surface area contributed by atoms with E-state index in [1.807, 2.05) is 18.2 Å². The SMILES string of the molecule is C[C@](N)(Cc1ccc2nc(N)sc2c1)C(=O)O. The van der Waals surface area contributed by atoms with Crippen LogP contribution in [0.15, 0.2) is 18.2 Å². The van der Waals surface area contributed by atoms with Crippen molar-refractivity contribution < 1.29 is 9.90 Å². The fourth-order valence-electron chi connectivity index (χ4n) is 1.60. The average molecular weight is 251 g/mol. The van der Waals surface area contributed by atoms with E-state index in [1.54, 1.807) is 0 Å². The third kappa shape index (κ3) is 2.37. The second-order valence-corrected chi connectivity index (χ2v) is 5.32. The van der Waals surface area contributed by atoms with Crippen LogP contribution in [0.3, 0.4) is 0 Å². The number of carboxylic acid groups (broad SMARTS) is 1. The molecule has 0 amide bonds. The summed E-state index contributed by atoms with van der Waals surface area (Å²) in [5.41, 5.74) is 11.7. The quantitative estimate of drug-likeness (QED) is 0.761. The van der Waals surface area contributed by atoms with Gasteiger partial charge < -0.3 is 16.6 Å². The summed E-state index contributed by atoms with van der Waals surface area (Å²) in [7, 11) is 0. The second kappa shape index (κ2) is 3.97. The Kier molecular flexibility index (Phi) is 2.76. The summed E-state index contributed by atoms with van der Waals surface area (Å²) in [6, 6.07) is 5.54. The fourth-order valence-corrected chi connectivity index (χ4v) is 2.39. The van der Waals surface area contributed by atoms with E-state index in [2.05, 4.69) is 4.98 Å². The molecule has 0 aliphatic carbocycles. The van der Waals surface area contributed by atoms with Crippen molar-refractivity contribution in [2.24, 2.45) is 5.73 Å². The number of hydrogen-bond acceptors (Lipinski definition) is 5. The molecule has 17 heavy (non-hydrogen) atoms. The molecule has 90 valence electrons. The molecule has 2 aromatic rings. The monoisotopic (exact) mass is 251 g/mol. The lowest BCUT2D eigenvalue weighted by molar-refractivity contribution is -0.142. The number of nitrogens with two attached hydrogens (primary N) is 2. The summed E-state index contributed by atoms with van der Waals surface area (Å²) in [4.78, 5) is 15.1. The van der Waals surface area contributed by atoms with Gasteiger partial charge in [-0.05, 0) is 24.6 Å². The van der Waals surface area contributed by atoms with E-state index in [-0.39, 0.29) is 6.42 Å². The molecule has 1 heterocycles. The number of carbonyl (C=O) groups is 1. The molecule has 5 N–H and O–H groups in total. The molecule has 0 aliphatic heterocycles. The summed E-state index contributed by atoms with van der Waals surface area (Å²) < 4.78 is 0.946. The average Bonchev–Trinajstić information content (AvgIpc) is 2.56. The lowest BCUT2D eigenvalue weighted by Crippen LogP contribution is -2.46. The summed E-state index contributed by atoms with van der Waals surface area (Å²) in [6.07, 6.45) is 0.274. The summed E-state index contributed by atoms with van der Waals surface area (Å²) >= 11 is 1.38. The van der Waals surface area contributed by atoms with Crippen molar-refractivity contribution in [2.45, 2.75) is 18.9 Å².